The maximum atomic E-state index is 11.7. The molecule has 1 fully saturated rings. The highest BCUT2D eigenvalue weighted by Gasteiger charge is 2.35. The van der Waals surface area contributed by atoms with Gasteiger partial charge in [0.1, 0.15) is 6.17 Å². The predicted octanol–water partition coefficient (Wildman–Crippen LogP) is 1.59. The van der Waals surface area contributed by atoms with Crippen molar-refractivity contribution in [3.8, 4) is 0 Å². The summed E-state index contributed by atoms with van der Waals surface area (Å²) >= 11 is 1.66. The smallest absolute Gasteiger partial charge is 0.241 e. The SMILES string of the molecule is CCN1C(=O)C(C)NC1c1ccsc1. The van der Waals surface area contributed by atoms with Gasteiger partial charge in [-0.05, 0) is 36.2 Å². The summed E-state index contributed by atoms with van der Waals surface area (Å²) in [5.74, 6) is 0.198. The first-order valence-corrected chi connectivity index (χ1v) is 5.77. The van der Waals surface area contributed by atoms with E-state index in [0.29, 0.717) is 0 Å². The molecule has 14 heavy (non-hydrogen) atoms. The molecule has 1 N–H and O–H groups in total. The number of amides is 1. The summed E-state index contributed by atoms with van der Waals surface area (Å²) in [4.78, 5) is 13.6. The summed E-state index contributed by atoms with van der Waals surface area (Å²) in [6.45, 7) is 4.69. The lowest BCUT2D eigenvalue weighted by molar-refractivity contribution is -0.129. The van der Waals surface area contributed by atoms with E-state index in [1.807, 2.05) is 24.1 Å². The highest BCUT2D eigenvalue weighted by molar-refractivity contribution is 7.07. The Balaban J connectivity index is 2.24. The van der Waals surface area contributed by atoms with Crippen molar-refractivity contribution in [1.29, 1.82) is 0 Å². The lowest BCUT2D eigenvalue weighted by Gasteiger charge is -2.21. The molecule has 0 aromatic carbocycles. The average Bonchev–Trinajstić information content (AvgIpc) is 2.76. The van der Waals surface area contributed by atoms with Crippen LogP contribution >= 0.6 is 11.3 Å². The van der Waals surface area contributed by atoms with Gasteiger partial charge in [0.25, 0.3) is 0 Å². The molecule has 0 aliphatic carbocycles. The van der Waals surface area contributed by atoms with Crippen LogP contribution in [0.2, 0.25) is 0 Å². The topological polar surface area (TPSA) is 32.3 Å². The van der Waals surface area contributed by atoms with Crippen LogP contribution in [0.15, 0.2) is 16.8 Å². The normalized spacial score (nSPS) is 27.3. The van der Waals surface area contributed by atoms with E-state index in [1.54, 1.807) is 11.3 Å². The Morgan fingerprint density at radius 1 is 1.64 bits per heavy atom. The molecule has 1 saturated heterocycles. The van der Waals surface area contributed by atoms with E-state index in [2.05, 4.69) is 16.8 Å². The number of thiophene rings is 1. The first-order valence-electron chi connectivity index (χ1n) is 4.82. The summed E-state index contributed by atoms with van der Waals surface area (Å²) in [5, 5.41) is 7.42. The number of carbonyl (C=O) groups excluding carboxylic acids is 1. The quantitative estimate of drug-likeness (QED) is 0.804. The van der Waals surface area contributed by atoms with Crippen LogP contribution in [0.25, 0.3) is 0 Å². The molecule has 2 unspecified atom stereocenters. The maximum absolute atomic E-state index is 11.7. The molecule has 1 aromatic heterocycles. The molecule has 2 heterocycles. The minimum atomic E-state index is -0.0557. The third-order valence-corrected chi connectivity index (χ3v) is 3.27. The Bertz CT molecular complexity index is 323. The number of carbonyl (C=O) groups is 1. The average molecular weight is 210 g/mol. The van der Waals surface area contributed by atoms with Gasteiger partial charge < -0.3 is 4.90 Å². The molecule has 1 amide bonds. The number of likely N-dealkylation sites (N-methyl/N-ethyl adjacent to an activating group) is 1. The van der Waals surface area contributed by atoms with Gasteiger partial charge in [0, 0.05) is 6.54 Å². The van der Waals surface area contributed by atoms with Gasteiger partial charge in [-0.25, -0.2) is 0 Å². The minimum Gasteiger partial charge on any atom is -0.322 e. The highest BCUT2D eigenvalue weighted by atomic mass is 32.1. The highest BCUT2D eigenvalue weighted by Crippen LogP contribution is 2.26. The molecular formula is C10H14N2OS. The van der Waals surface area contributed by atoms with E-state index in [1.165, 1.54) is 5.56 Å². The summed E-state index contributed by atoms with van der Waals surface area (Å²) < 4.78 is 0. The van der Waals surface area contributed by atoms with Crippen LogP contribution in [0.3, 0.4) is 0 Å². The van der Waals surface area contributed by atoms with Crippen LogP contribution in [0, 0.1) is 0 Å². The lowest BCUT2D eigenvalue weighted by Crippen LogP contribution is -2.29. The molecule has 2 rings (SSSR count). The van der Waals surface area contributed by atoms with Gasteiger partial charge in [-0.1, -0.05) is 0 Å². The zero-order valence-electron chi connectivity index (χ0n) is 8.36. The predicted molar refractivity (Wildman–Crippen MR) is 57.0 cm³/mol. The maximum Gasteiger partial charge on any atom is 0.241 e. The first kappa shape index (κ1) is 9.68. The van der Waals surface area contributed by atoms with Gasteiger partial charge in [-0.15, -0.1) is 0 Å². The molecule has 0 bridgehead atoms. The van der Waals surface area contributed by atoms with Crippen molar-refractivity contribution in [2.24, 2.45) is 0 Å². The molecule has 1 aliphatic rings. The number of rotatable bonds is 2. The van der Waals surface area contributed by atoms with Crippen molar-refractivity contribution in [2.45, 2.75) is 26.1 Å². The van der Waals surface area contributed by atoms with Crippen molar-refractivity contribution < 1.29 is 4.79 Å². The van der Waals surface area contributed by atoms with E-state index in [4.69, 9.17) is 0 Å². The molecule has 0 radical (unpaired) electrons. The standard InChI is InChI=1S/C10H14N2OS/c1-3-12-9(8-4-5-14-6-8)11-7(2)10(12)13/h4-7,9,11H,3H2,1-2H3. The molecule has 2 atom stereocenters. The zero-order valence-corrected chi connectivity index (χ0v) is 9.17. The summed E-state index contributed by atoms with van der Waals surface area (Å²) in [7, 11) is 0. The number of nitrogens with one attached hydrogen (secondary N) is 1. The van der Waals surface area contributed by atoms with E-state index in [-0.39, 0.29) is 18.1 Å². The molecule has 0 spiro atoms. The van der Waals surface area contributed by atoms with Gasteiger partial charge in [-0.2, -0.15) is 11.3 Å². The summed E-state index contributed by atoms with van der Waals surface area (Å²) in [6.07, 6.45) is 0.0775. The second-order valence-corrected chi connectivity index (χ2v) is 4.25. The van der Waals surface area contributed by atoms with Crippen molar-refractivity contribution in [3.63, 3.8) is 0 Å². The fourth-order valence-electron chi connectivity index (χ4n) is 1.82. The van der Waals surface area contributed by atoms with Gasteiger partial charge in [0.2, 0.25) is 5.91 Å². The van der Waals surface area contributed by atoms with E-state index >= 15 is 0 Å². The van der Waals surface area contributed by atoms with Crippen molar-refractivity contribution in [1.82, 2.24) is 10.2 Å². The first-order chi connectivity index (χ1) is 6.74. The Morgan fingerprint density at radius 3 is 3.00 bits per heavy atom. The number of hydrogen-bond acceptors (Lipinski definition) is 3. The van der Waals surface area contributed by atoms with Crippen molar-refractivity contribution in [3.05, 3.63) is 22.4 Å². The largest absolute Gasteiger partial charge is 0.322 e. The number of nitrogens with zero attached hydrogens (tertiary/aromatic N) is 1. The lowest BCUT2D eigenvalue weighted by atomic mass is 10.2. The van der Waals surface area contributed by atoms with E-state index in [9.17, 15) is 4.79 Å². The fraction of sp³-hybridized carbons (Fsp3) is 0.500. The minimum absolute atomic E-state index is 0.0557. The second kappa shape index (κ2) is 3.71. The van der Waals surface area contributed by atoms with Crippen LogP contribution in [-0.2, 0) is 4.79 Å². The zero-order chi connectivity index (χ0) is 10.1. The molecule has 1 aliphatic heterocycles. The molecule has 76 valence electrons. The van der Waals surface area contributed by atoms with Crippen molar-refractivity contribution in [2.75, 3.05) is 6.54 Å². The Hall–Kier alpha value is -0.870. The number of hydrogen-bond donors (Lipinski definition) is 1. The van der Waals surface area contributed by atoms with Crippen LogP contribution < -0.4 is 5.32 Å². The molecule has 3 nitrogen and oxygen atoms in total. The monoisotopic (exact) mass is 210 g/mol. The van der Waals surface area contributed by atoms with E-state index < -0.39 is 0 Å². The molecular weight excluding hydrogens is 196 g/mol. The Labute approximate surface area is 87.7 Å². The fourth-order valence-corrected chi connectivity index (χ4v) is 2.50. The Kier molecular flexibility index (Phi) is 2.56. The third kappa shape index (κ3) is 1.44. The summed E-state index contributed by atoms with van der Waals surface area (Å²) in [6, 6.07) is 2.01. The third-order valence-electron chi connectivity index (χ3n) is 2.57. The van der Waals surface area contributed by atoms with Gasteiger partial charge in [0.05, 0.1) is 6.04 Å². The van der Waals surface area contributed by atoms with Crippen molar-refractivity contribution >= 4 is 17.2 Å². The van der Waals surface area contributed by atoms with Gasteiger partial charge in [-0.3, -0.25) is 10.1 Å². The van der Waals surface area contributed by atoms with Gasteiger partial charge in [0.15, 0.2) is 0 Å². The Morgan fingerprint density at radius 2 is 2.43 bits per heavy atom. The summed E-state index contributed by atoms with van der Waals surface area (Å²) in [5.41, 5.74) is 1.19. The van der Waals surface area contributed by atoms with Crippen LogP contribution in [0.5, 0.6) is 0 Å². The van der Waals surface area contributed by atoms with Crippen LogP contribution in [-0.4, -0.2) is 23.4 Å². The molecule has 1 aromatic rings. The van der Waals surface area contributed by atoms with Crippen LogP contribution in [0.4, 0.5) is 0 Å². The van der Waals surface area contributed by atoms with Gasteiger partial charge >= 0.3 is 0 Å². The molecule has 4 heteroatoms. The van der Waals surface area contributed by atoms with Crippen LogP contribution in [0.1, 0.15) is 25.6 Å². The molecule has 0 saturated carbocycles. The second-order valence-electron chi connectivity index (χ2n) is 3.47. The van der Waals surface area contributed by atoms with E-state index in [0.717, 1.165) is 6.54 Å².